The maximum absolute atomic E-state index is 10.00. The number of hydrogen-bond acceptors (Lipinski definition) is 4. The summed E-state index contributed by atoms with van der Waals surface area (Å²) >= 11 is 5.94. The molecule has 1 aromatic carbocycles. The summed E-state index contributed by atoms with van der Waals surface area (Å²) in [7, 11) is 1.47. The topological polar surface area (TPSA) is 64.7 Å². The fourth-order valence-corrected chi connectivity index (χ4v) is 1.74. The first-order chi connectivity index (χ1) is 7.42. The number of phenols is 1. The third-order valence-corrected chi connectivity index (χ3v) is 2.65. The maximum atomic E-state index is 10.00. The maximum Gasteiger partial charge on any atom is 0.162 e. The summed E-state index contributed by atoms with van der Waals surface area (Å²) in [5, 5.41) is 10.5. The quantitative estimate of drug-likeness (QED) is 0.799. The van der Waals surface area contributed by atoms with Crippen LogP contribution in [-0.4, -0.2) is 18.8 Å². The van der Waals surface area contributed by atoms with E-state index in [-0.39, 0.29) is 12.4 Å². The molecule has 0 heterocycles. The van der Waals surface area contributed by atoms with Gasteiger partial charge in [0.25, 0.3) is 0 Å². The first-order valence-electron chi connectivity index (χ1n) is 4.81. The summed E-state index contributed by atoms with van der Waals surface area (Å²) in [6.45, 7) is 4.05. The fourth-order valence-electron chi connectivity index (χ4n) is 1.53. The van der Waals surface area contributed by atoms with E-state index < -0.39 is 5.41 Å². The summed E-state index contributed by atoms with van der Waals surface area (Å²) in [6.07, 6.45) is 0. The van der Waals surface area contributed by atoms with Crippen LogP contribution in [0.15, 0.2) is 12.1 Å². The summed E-state index contributed by atoms with van der Waals surface area (Å²) in [4.78, 5) is 4.63. The number of hydrogen-bond donors (Lipinski definition) is 2. The zero-order chi connectivity index (χ0) is 12.3. The lowest BCUT2D eigenvalue weighted by Gasteiger charge is -2.25. The smallest absolute Gasteiger partial charge is 0.162 e. The molecule has 3 N–H and O–H groups in total. The Balaban J connectivity index is 3.27. The van der Waals surface area contributed by atoms with Gasteiger partial charge in [-0.05, 0) is 6.07 Å². The predicted octanol–water partition coefficient (Wildman–Crippen LogP) is 2.22. The Kier molecular flexibility index (Phi) is 4.02. The van der Waals surface area contributed by atoms with Gasteiger partial charge in [-0.1, -0.05) is 25.4 Å². The number of halogens is 1. The van der Waals surface area contributed by atoms with Crippen molar-refractivity contribution in [2.24, 2.45) is 5.90 Å². The molecule has 0 saturated heterocycles. The molecule has 0 unspecified atom stereocenters. The summed E-state index contributed by atoms with van der Waals surface area (Å²) in [6, 6.07) is 3.23. The monoisotopic (exact) mass is 245 g/mol. The van der Waals surface area contributed by atoms with Crippen molar-refractivity contribution < 1.29 is 14.7 Å². The number of rotatable bonds is 4. The van der Waals surface area contributed by atoms with Crippen molar-refractivity contribution in [3.63, 3.8) is 0 Å². The molecular weight excluding hydrogens is 230 g/mol. The van der Waals surface area contributed by atoms with E-state index >= 15 is 0 Å². The second-order valence-electron chi connectivity index (χ2n) is 4.20. The molecule has 0 amide bonds. The number of benzene rings is 1. The van der Waals surface area contributed by atoms with Crippen LogP contribution in [-0.2, 0) is 10.3 Å². The minimum Gasteiger partial charge on any atom is -0.504 e. The van der Waals surface area contributed by atoms with E-state index in [4.69, 9.17) is 22.2 Å². The van der Waals surface area contributed by atoms with Gasteiger partial charge in [0.2, 0.25) is 0 Å². The van der Waals surface area contributed by atoms with E-state index in [2.05, 4.69) is 4.84 Å². The third-order valence-electron chi connectivity index (χ3n) is 2.43. The van der Waals surface area contributed by atoms with E-state index in [0.717, 1.165) is 0 Å². The Bertz CT molecular complexity index is 380. The van der Waals surface area contributed by atoms with E-state index in [9.17, 15) is 5.11 Å². The molecule has 0 spiro atoms. The molecule has 0 saturated carbocycles. The van der Waals surface area contributed by atoms with Gasteiger partial charge >= 0.3 is 0 Å². The highest BCUT2D eigenvalue weighted by Crippen LogP contribution is 2.40. The van der Waals surface area contributed by atoms with Gasteiger partial charge in [-0.3, -0.25) is 0 Å². The minimum absolute atomic E-state index is 0.0638. The number of methoxy groups -OCH3 is 1. The lowest BCUT2D eigenvalue weighted by atomic mass is 9.85. The van der Waals surface area contributed by atoms with Gasteiger partial charge in [0.1, 0.15) is 0 Å². The number of nitrogens with two attached hydrogens (primary N) is 1. The van der Waals surface area contributed by atoms with E-state index in [1.54, 1.807) is 12.1 Å². The molecule has 0 aliphatic carbocycles. The lowest BCUT2D eigenvalue weighted by Crippen LogP contribution is -2.26. The molecule has 1 rings (SSSR count). The van der Waals surface area contributed by atoms with Crippen LogP contribution < -0.4 is 10.6 Å². The van der Waals surface area contributed by atoms with Gasteiger partial charge in [-0.15, -0.1) is 0 Å². The molecule has 90 valence electrons. The summed E-state index contributed by atoms with van der Waals surface area (Å²) in [5.74, 6) is 5.47. The molecule has 1 aromatic rings. The first kappa shape index (κ1) is 13.1. The molecule has 5 heteroatoms. The Morgan fingerprint density at radius 1 is 1.44 bits per heavy atom. The van der Waals surface area contributed by atoms with Crippen molar-refractivity contribution >= 4 is 11.6 Å². The number of phenolic OH excluding ortho intramolecular Hbond substituents is 1. The highest BCUT2D eigenvalue weighted by atomic mass is 35.5. The Morgan fingerprint density at radius 2 is 2.06 bits per heavy atom. The molecule has 0 aromatic heterocycles. The number of aromatic hydroxyl groups is 1. The van der Waals surface area contributed by atoms with E-state index in [1.165, 1.54) is 7.11 Å². The van der Waals surface area contributed by atoms with Crippen molar-refractivity contribution in [1.82, 2.24) is 0 Å². The fraction of sp³-hybridized carbons (Fsp3) is 0.455. The zero-order valence-electron chi connectivity index (χ0n) is 9.58. The summed E-state index contributed by atoms with van der Waals surface area (Å²) in [5.41, 5.74) is 0.194. The highest BCUT2D eigenvalue weighted by molar-refractivity contribution is 6.30. The predicted molar refractivity (Wildman–Crippen MR) is 62.8 cm³/mol. The van der Waals surface area contributed by atoms with Crippen LogP contribution in [0.25, 0.3) is 0 Å². The largest absolute Gasteiger partial charge is 0.504 e. The standard InChI is InChI=1S/C11H16ClNO3/c1-11(2,6-16-13)8-4-7(12)5-9(15-3)10(8)14/h4-5,14H,6,13H2,1-3H3. The average molecular weight is 246 g/mol. The van der Waals surface area contributed by atoms with Crippen molar-refractivity contribution in [2.75, 3.05) is 13.7 Å². The van der Waals surface area contributed by atoms with Gasteiger partial charge in [-0.2, -0.15) is 0 Å². The van der Waals surface area contributed by atoms with Crippen LogP contribution in [0.1, 0.15) is 19.4 Å². The minimum atomic E-state index is -0.447. The van der Waals surface area contributed by atoms with Crippen molar-refractivity contribution in [2.45, 2.75) is 19.3 Å². The van der Waals surface area contributed by atoms with Gasteiger partial charge in [0.15, 0.2) is 11.5 Å². The molecule has 0 bridgehead atoms. The number of ether oxygens (including phenoxy) is 1. The van der Waals surface area contributed by atoms with E-state index in [0.29, 0.717) is 16.3 Å². The zero-order valence-corrected chi connectivity index (χ0v) is 10.3. The van der Waals surface area contributed by atoms with Crippen LogP contribution in [0.2, 0.25) is 5.02 Å². The van der Waals surface area contributed by atoms with Gasteiger partial charge in [-0.25, -0.2) is 5.90 Å². The molecular formula is C11H16ClNO3. The van der Waals surface area contributed by atoms with Crippen LogP contribution in [0, 0.1) is 0 Å². The van der Waals surface area contributed by atoms with Crippen molar-refractivity contribution in [3.8, 4) is 11.5 Å². The van der Waals surface area contributed by atoms with Crippen LogP contribution in [0.5, 0.6) is 11.5 Å². The van der Waals surface area contributed by atoms with Crippen molar-refractivity contribution in [3.05, 3.63) is 22.7 Å². The van der Waals surface area contributed by atoms with E-state index in [1.807, 2.05) is 13.8 Å². The van der Waals surface area contributed by atoms with Gasteiger partial charge in [0, 0.05) is 22.1 Å². The normalized spacial score (nSPS) is 11.6. The first-order valence-corrected chi connectivity index (χ1v) is 5.19. The molecule has 0 radical (unpaired) electrons. The molecule has 0 fully saturated rings. The van der Waals surface area contributed by atoms with Crippen molar-refractivity contribution in [1.29, 1.82) is 0 Å². The Labute approximate surface area is 99.9 Å². The lowest BCUT2D eigenvalue weighted by molar-refractivity contribution is 0.0953. The Morgan fingerprint density at radius 3 is 2.56 bits per heavy atom. The molecule has 4 nitrogen and oxygen atoms in total. The summed E-state index contributed by atoms with van der Waals surface area (Å²) < 4.78 is 5.03. The Hall–Kier alpha value is -0.970. The van der Waals surface area contributed by atoms with Crippen LogP contribution in [0.3, 0.4) is 0 Å². The van der Waals surface area contributed by atoms with Crippen LogP contribution in [0.4, 0.5) is 0 Å². The average Bonchev–Trinajstić information content (AvgIpc) is 2.20. The van der Waals surface area contributed by atoms with Gasteiger partial charge < -0.3 is 14.7 Å². The molecule has 16 heavy (non-hydrogen) atoms. The molecule has 0 aliphatic heterocycles. The second kappa shape index (κ2) is 4.91. The SMILES string of the molecule is COc1cc(Cl)cc(C(C)(C)CON)c1O. The molecule has 0 aliphatic rings. The highest BCUT2D eigenvalue weighted by Gasteiger charge is 2.26. The van der Waals surface area contributed by atoms with Gasteiger partial charge in [0.05, 0.1) is 13.7 Å². The van der Waals surface area contributed by atoms with Crippen LogP contribution >= 0.6 is 11.6 Å². The molecule has 0 atom stereocenters. The third kappa shape index (κ3) is 2.58. The second-order valence-corrected chi connectivity index (χ2v) is 4.64.